The first-order valence-electron chi connectivity index (χ1n) is 5.38. The smallest absolute Gasteiger partial charge is 0.170 e. The van der Waals surface area contributed by atoms with Crippen molar-refractivity contribution in [2.45, 2.75) is 26.7 Å². The molecule has 0 saturated carbocycles. The molecule has 0 radical (unpaired) electrons. The summed E-state index contributed by atoms with van der Waals surface area (Å²) in [5, 5.41) is 0. The Balaban J connectivity index is 2.23. The van der Waals surface area contributed by atoms with Crippen LogP contribution < -0.4 is 4.74 Å². The highest BCUT2D eigenvalue weighted by Gasteiger charge is 2.04. The molecule has 0 aliphatic carbocycles. The van der Waals surface area contributed by atoms with Crippen LogP contribution in [0.5, 0.6) is 5.75 Å². The second-order valence-corrected chi connectivity index (χ2v) is 4.07. The van der Waals surface area contributed by atoms with E-state index in [0.29, 0.717) is 12.3 Å². The van der Waals surface area contributed by atoms with E-state index in [1.807, 2.05) is 30.3 Å². The van der Waals surface area contributed by atoms with Crippen molar-refractivity contribution in [3.05, 3.63) is 30.3 Å². The second kappa shape index (κ2) is 6.23. The molecule has 15 heavy (non-hydrogen) atoms. The van der Waals surface area contributed by atoms with Gasteiger partial charge in [0.15, 0.2) is 5.78 Å². The van der Waals surface area contributed by atoms with Crippen LogP contribution in [-0.2, 0) is 4.79 Å². The highest BCUT2D eigenvalue weighted by Crippen LogP contribution is 2.09. The van der Waals surface area contributed by atoms with Crippen LogP contribution in [-0.4, -0.2) is 12.4 Å². The van der Waals surface area contributed by atoms with E-state index in [2.05, 4.69) is 13.8 Å². The molecule has 0 unspecified atom stereocenters. The third-order valence-electron chi connectivity index (χ3n) is 2.14. The zero-order valence-corrected chi connectivity index (χ0v) is 9.40. The van der Waals surface area contributed by atoms with Crippen LogP contribution in [0.15, 0.2) is 30.3 Å². The number of ether oxygens (including phenoxy) is 1. The molecule has 0 aliphatic heterocycles. The summed E-state index contributed by atoms with van der Waals surface area (Å²) in [5.74, 6) is 1.51. The molecular formula is C13H18O2. The van der Waals surface area contributed by atoms with Gasteiger partial charge in [0.2, 0.25) is 0 Å². The van der Waals surface area contributed by atoms with Crippen molar-refractivity contribution in [3.63, 3.8) is 0 Å². The molecule has 0 amide bonds. The third-order valence-corrected chi connectivity index (χ3v) is 2.14. The number of benzene rings is 1. The van der Waals surface area contributed by atoms with Gasteiger partial charge in [0.05, 0.1) is 0 Å². The van der Waals surface area contributed by atoms with Crippen LogP contribution in [0.3, 0.4) is 0 Å². The lowest BCUT2D eigenvalue weighted by Crippen LogP contribution is -2.11. The lowest BCUT2D eigenvalue weighted by molar-refractivity contribution is -0.121. The fourth-order valence-electron chi connectivity index (χ4n) is 1.20. The zero-order valence-electron chi connectivity index (χ0n) is 9.40. The number of para-hydroxylation sites is 1. The number of hydrogen-bond donors (Lipinski definition) is 0. The monoisotopic (exact) mass is 206 g/mol. The lowest BCUT2D eigenvalue weighted by atomic mass is 10.1. The Kier molecular flexibility index (Phi) is 4.88. The normalized spacial score (nSPS) is 10.3. The molecule has 0 N–H and O–H groups in total. The molecule has 1 aromatic rings. The molecule has 0 fully saturated rings. The van der Waals surface area contributed by atoms with Gasteiger partial charge in [0.1, 0.15) is 12.4 Å². The predicted octanol–water partition coefficient (Wildman–Crippen LogP) is 3.07. The topological polar surface area (TPSA) is 26.3 Å². The van der Waals surface area contributed by atoms with Crippen LogP contribution in [0, 0.1) is 5.92 Å². The SMILES string of the molecule is CC(C)CCC(=O)COc1ccccc1. The fraction of sp³-hybridized carbons (Fsp3) is 0.462. The van der Waals surface area contributed by atoms with Gasteiger partial charge in [0, 0.05) is 6.42 Å². The molecule has 0 spiro atoms. The zero-order chi connectivity index (χ0) is 11.1. The molecule has 0 aromatic heterocycles. The van der Waals surface area contributed by atoms with Gasteiger partial charge in [-0.25, -0.2) is 0 Å². The van der Waals surface area contributed by atoms with Crippen molar-refractivity contribution in [3.8, 4) is 5.75 Å². The summed E-state index contributed by atoms with van der Waals surface area (Å²) in [6, 6.07) is 9.43. The first-order chi connectivity index (χ1) is 7.18. The first kappa shape index (κ1) is 11.8. The molecule has 82 valence electrons. The number of carbonyl (C=O) groups is 1. The van der Waals surface area contributed by atoms with Crippen LogP contribution in [0.4, 0.5) is 0 Å². The van der Waals surface area contributed by atoms with E-state index in [4.69, 9.17) is 4.74 Å². The van der Waals surface area contributed by atoms with E-state index in [1.54, 1.807) is 0 Å². The average Bonchev–Trinajstić information content (AvgIpc) is 2.25. The minimum Gasteiger partial charge on any atom is -0.486 e. The Morgan fingerprint density at radius 3 is 2.53 bits per heavy atom. The summed E-state index contributed by atoms with van der Waals surface area (Å²) < 4.78 is 5.35. The molecule has 2 nitrogen and oxygen atoms in total. The average molecular weight is 206 g/mol. The van der Waals surface area contributed by atoms with E-state index in [0.717, 1.165) is 12.2 Å². The largest absolute Gasteiger partial charge is 0.486 e. The van der Waals surface area contributed by atoms with Crippen molar-refractivity contribution in [2.75, 3.05) is 6.61 Å². The quantitative estimate of drug-likeness (QED) is 0.715. The van der Waals surface area contributed by atoms with Gasteiger partial charge in [-0.1, -0.05) is 32.0 Å². The maximum absolute atomic E-state index is 11.4. The van der Waals surface area contributed by atoms with Crippen LogP contribution in [0.1, 0.15) is 26.7 Å². The molecule has 1 rings (SSSR count). The van der Waals surface area contributed by atoms with Gasteiger partial charge >= 0.3 is 0 Å². The predicted molar refractivity (Wildman–Crippen MR) is 61.0 cm³/mol. The van der Waals surface area contributed by atoms with Crippen molar-refractivity contribution >= 4 is 5.78 Å². The minimum atomic E-state index is 0.174. The number of carbonyl (C=O) groups excluding carboxylic acids is 1. The van der Waals surface area contributed by atoms with Crippen LogP contribution in [0.2, 0.25) is 0 Å². The lowest BCUT2D eigenvalue weighted by Gasteiger charge is -2.06. The highest BCUT2D eigenvalue weighted by molar-refractivity contribution is 5.79. The summed E-state index contributed by atoms with van der Waals surface area (Å²) in [7, 11) is 0. The van der Waals surface area contributed by atoms with Gasteiger partial charge in [-0.2, -0.15) is 0 Å². The second-order valence-electron chi connectivity index (χ2n) is 4.07. The maximum atomic E-state index is 11.4. The van der Waals surface area contributed by atoms with Gasteiger partial charge in [-0.3, -0.25) is 4.79 Å². The Bertz CT molecular complexity index is 291. The van der Waals surface area contributed by atoms with E-state index < -0.39 is 0 Å². The summed E-state index contributed by atoms with van der Waals surface area (Å²) in [4.78, 5) is 11.4. The Morgan fingerprint density at radius 2 is 1.93 bits per heavy atom. The molecule has 0 saturated heterocycles. The molecule has 0 aliphatic rings. The number of ketones is 1. The van der Waals surface area contributed by atoms with Gasteiger partial charge < -0.3 is 4.74 Å². The fourth-order valence-corrected chi connectivity index (χ4v) is 1.20. The molecule has 0 heterocycles. The Morgan fingerprint density at radius 1 is 1.27 bits per heavy atom. The number of rotatable bonds is 6. The molecular weight excluding hydrogens is 188 g/mol. The minimum absolute atomic E-state index is 0.174. The Hall–Kier alpha value is -1.31. The van der Waals surface area contributed by atoms with Crippen LogP contribution >= 0.6 is 0 Å². The number of Topliss-reactive ketones (excluding diaryl/α,β-unsaturated/α-hetero) is 1. The molecule has 1 aromatic carbocycles. The summed E-state index contributed by atoms with van der Waals surface area (Å²) in [6.07, 6.45) is 1.56. The van der Waals surface area contributed by atoms with E-state index in [1.165, 1.54) is 0 Å². The Labute approximate surface area is 91.3 Å². The number of hydrogen-bond acceptors (Lipinski definition) is 2. The standard InChI is InChI=1S/C13H18O2/c1-11(2)8-9-12(14)10-15-13-6-4-3-5-7-13/h3-7,11H,8-10H2,1-2H3. The van der Waals surface area contributed by atoms with Crippen molar-refractivity contribution < 1.29 is 9.53 Å². The maximum Gasteiger partial charge on any atom is 0.170 e. The molecule has 2 heteroatoms. The van der Waals surface area contributed by atoms with E-state index in [-0.39, 0.29) is 12.4 Å². The van der Waals surface area contributed by atoms with Gasteiger partial charge in [0.25, 0.3) is 0 Å². The van der Waals surface area contributed by atoms with Gasteiger partial charge in [-0.15, -0.1) is 0 Å². The van der Waals surface area contributed by atoms with Crippen molar-refractivity contribution in [1.82, 2.24) is 0 Å². The van der Waals surface area contributed by atoms with Crippen molar-refractivity contribution in [1.29, 1.82) is 0 Å². The molecule has 0 atom stereocenters. The molecule has 0 bridgehead atoms. The van der Waals surface area contributed by atoms with E-state index >= 15 is 0 Å². The summed E-state index contributed by atoms with van der Waals surface area (Å²) in [5.41, 5.74) is 0. The van der Waals surface area contributed by atoms with Crippen LogP contribution in [0.25, 0.3) is 0 Å². The van der Waals surface area contributed by atoms with Crippen molar-refractivity contribution in [2.24, 2.45) is 5.92 Å². The summed E-state index contributed by atoms with van der Waals surface area (Å²) >= 11 is 0. The highest BCUT2D eigenvalue weighted by atomic mass is 16.5. The van der Waals surface area contributed by atoms with Gasteiger partial charge in [-0.05, 0) is 24.5 Å². The third kappa shape index (κ3) is 5.21. The summed E-state index contributed by atoms with van der Waals surface area (Å²) in [6.45, 7) is 4.42. The first-order valence-corrected chi connectivity index (χ1v) is 5.38. The van der Waals surface area contributed by atoms with E-state index in [9.17, 15) is 4.79 Å².